The van der Waals surface area contributed by atoms with Crippen LogP contribution in [-0.2, 0) is 28.8 Å². The molecule has 10 nitrogen and oxygen atoms in total. The van der Waals surface area contributed by atoms with Crippen LogP contribution in [0, 0.1) is 35.5 Å². The second-order valence-electron chi connectivity index (χ2n) is 7.76. The molecule has 3 fully saturated rings. The molecule has 28 heavy (non-hydrogen) atoms. The van der Waals surface area contributed by atoms with Crippen LogP contribution in [0.5, 0.6) is 0 Å². The topological polar surface area (TPSA) is 149 Å². The maximum Gasteiger partial charge on any atom is 0.326 e. The van der Waals surface area contributed by atoms with Gasteiger partial charge in [0.2, 0.25) is 23.6 Å². The lowest BCUT2D eigenvalue weighted by atomic mass is 9.54. The summed E-state index contributed by atoms with van der Waals surface area (Å²) in [6.07, 6.45) is 3.26. The number of likely N-dealkylation sites (tertiary alicyclic amines) is 2. The van der Waals surface area contributed by atoms with E-state index in [0.717, 1.165) is 9.80 Å². The molecule has 2 bridgehead atoms. The molecule has 5 aliphatic rings. The van der Waals surface area contributed by atoms with Gasteiger partial charge >= 0.3 is 11.9 Å². The van der Waals surface area contributed by atoms with E-state index in [0.29, 0.717) is 0 Å². The van der Waals surface area contributed by atoms with Crippen molar-refractivity contribution in [1.29, 1.82) is 0 Å². The van der Waals surface area contributed by atoms with Gasteiger partial charge in [-0.25, -0.2) is 9.59 Å². The van der Waals surface area contributed by atoms with Crippen LogP contribution in [0.15, 0.2) is 12.2 Å². The Kier molecular flexibility index (Phi) is 3.75. The van der Waals surface area contributed by atoms with Gasteiger partial charge in [0.25, 0.3) is 0 Å². The largest absolute Gasteiger partial charge is 0.480 e. The lowest BCUT2D eigenvalue weighted by Gasteiger charge is -2.44. The molecule has 6 atom stereocenters. The molecule has 2 aliphatic heterocycles. The van der Waals surface area contributed by atoms with Crippen LogP contribution in [0.4, 0.5) is 0 Å². The number of aliphatic carboxylic acids is 2. The molecule has 3 aliphatic carbocycles. The molecule has 148 valence electrons. The minimum Gasteiger partial charge on any atom is -0.480 e. The minimum absolute atomic E-state index is 0.660. The highest BCUT2D eigenvalue weighted by Gasteiger charge is 2.69. The first kappa shape index (κ1) is 18.3. The van der Waals surface area contributed by atoms with Gasteiger partial charge in [-0.3, -0.25) is 29.0 Å². The summed E-state index contributed by atoms with van der Waals surface area (Å²) in [5.41, 5.74) is 0. The fourth-order valence-corrected chi connectivity index (χ4v) is 5.26. The molecule has 0 radical (unpaired) electrons. The zero-order valence-electron chi connectivity index (χ0n) is 15.0. The van der Waals surface area contributed by atoms with Crippen LogP contribution in [0.2, 0.25) is 0 Å². The van der Waals surface area contributed by atoms with E-state index in [1.165, 1.54) is 13.8 Å². The highest BCUT2D eigenvalue weighted by atomic mass is 16.4. The van der Waals surface area contributed by atoms with E-state index in [2.05, 4.69) is 0 Å². The third-order valence-corrected chi connectivity index (χ3v) is 6.57. The van der Waals surface area contributed by atoms with Crippen molar-refractivity contribution in [2.24, 2.45) is 35.5 Å². The fraction of sp³-hybridized carbons (Fsp3) is 0.556. The SMILES string of the molecule is C[C@@H](C(=O)O)N1C(=O)C2C3C=CC(C2C1=O)C1C(=O)N([C@@H](C)C(=O)O)C(=O)C31. The number of carbonyl (C=O) groups excluding carboxylic acids is 4. The Morgan fingerprint density at radius 1 is 0.714 bits per heavy atom. The van der Waals surface area contributed by atoms with Gasteiger partial charge in [0.15, 0.2) is 0 Å². The molecule has 0 aromatic carbocycles. The number of carbonyl (C=O) groups is 6. The number of imide groups is 2. The quantitative estimate of drug-likeness (QED) is 0.456. The molecular weight excluding hydrogens is 372 g/mol. The number of carboxylic acid groups (broad SMARTS) is 2. The van der Waals surface area contributed by atoms with Crippen LogP contribution >= 0.6 is 0 Å². The highest BCUT2D eigenvalue weighted by Crippen LogP contribution is 2.58. The molecule has 0 spiro atoms. The first-order valence-electron chi connectivity index (χ1n) is 8.97. The summed E-state index contributed by atoms with van der Waals surface area (Å²) >= 11 is 0. The molecule has 5 rings (SSSR count). The molecule has 0 aromatic rings. The number of amides is 4. The van der Waals surface area contributed by atoms with Gasteiger partial charge in [-0.05, 0) is 13.8 Å². The minimum atomic E-state index is -1.35. The summed E-state index contributed by atoms with van der Waals surface area (Å²) in [5.74, 6) is -10.4. The lowest BCUT2D eigenvalue weighted by molar-refractivity contribution is -0.155. The number of hydrogen-bond donors (Lipinski definition) is 2. The van der Waals surface area contributed by atoms with Crippen molar-refractivity contribution in [3.8, 4) is 0 Å². The van der Waals surface area contributed by atoms with E-state index < -0.39 is 83.2 Å². The predicted octanol–water partition coefficient (Wildman–Crippen LogP) is -1.05. The van der Waals surface area contributed by atoms with Gasteiger partial charge in [-0.1, -0.05) is 12.2 Å². The molecule has 0 aromatic heterocycles. The van der Waals surface area contributed by atoms with Crippen LogP contribution in [0.25, 0.3) is 0 Å². The van der Waals surface area contributed by atoms with Crippen LogP contribution < -0.4 is 0 Å². The number of allylic oxidation sites excluding steroid dienone is 2. The van der Waals surface area contributed by atoms with E-state index in [9.17, 15) is 39.0 Å². The van der Waals surface area contributed by atoms with Crippen molar-refractivity contribution >= 4 is 35.6 Å². The number of carboxylic acids is 2. The zero-order valence-corrected chi connectivity index (χ0v) is 15.0. The van der Waals surface area contributed by atoms with Crippen LogP contribution in [0.3, 0.4) is 0 Å². The smallest absolute Gasteiger partial charge is 0.326 e. The van der Waals surface area contributed by atoms with Crippen molar-refractivity contribution in [1.82, 2.24) is 9.80 Å². The van der Waals surface area contributed by atoms with E-state index in [1.807, 2.05) is 0 Å². The average Bonchev–Trinajstić information content (AvgIpc) is 3.08. The summed E-state index contributed by atoms with van der Waals surface area (Å²) in [4.78, 5) is 75.6. The van der Waals surface area contributed by atoms with Gasteiger partial charge in [0, 0.05) is 11.8 Å². The maximum atomic E-state index is 12.9. The van der Waals surface area contributed by atoms with Gasteiger partial charge in [0.05, 0.1) is 23.7 Å². The molecule has 4 amide bonds. The summed E-state index contributed by atoms with van der Waals surface area (Å²) < 4.78 is 0. The van der Waals surface area contributed by atoms with Gasteiger partial charge in [-0.2, -0.15) is 0 Å². The molecule has 4 unspecified atom stereocenters. The summed E-state index contributed by atoms with van der Waals surface area (Å²) in [7, 11) is 0. The van der Waals surface area contributed by atoms with Crippen molar-refractivity contribution in [2.45, 2.75) is 25.9 Å². The first-order chi connectivity index (χ1) is 13.1. The second kappa shape index (κ2) is 5.73. The first-order valence-corrected chi connectivity index (χ1v) is 8.97. The zero-order chi connectivity index (χ0) is 20.7. The Morgan fingerprint density at radius 2 is 0.964 bits per heavy atom. The average molecular weight is 390 g/mol. The third-order valence-electron chi connectivity index (χ3n) is 6.57. The van der Waals surface area contributed by atoms with Gasteiger partial charge < -0.3 is 10.2 Å². The summed E-state index contributed by atoms with van der Waals surface area (Å²) in [5, 5.41) is 18.4. The third kappa shape index (κ3) is 2.02. The van der Waals surface area contributed by atoms with E-state index in [4.69, 9.17) is 0 Å². The maximum absolute atomic E-state index is 12.9. The Bertz CT molecular complexity index is 765. The Morgan fingerprint density at radius 3 is 1.18 bits per heavy atom. The molecule has 10 heteroatoms. The van der Waals surface area contributed by atoms with E-state index >= 15 is 0 Å². The van der Waals surface area contributed by atoms with Crippen molar-refractivity contribution in [3.63, 3.8) is 0 Å². The normalized spacial score (nSPS) is 37.9. The Labute approximate surface area is 158 Å². The number of rotatable bonds is 4. The molecule has 2 saturated heterocycles. The predicted molar refractivity (Wildman–Crippen MR) is 88.0 cm³/mol. The van der Waals surface area contributed by atoms with E-state index in [1.54, 1.807) is 12.2 Å². The monoisotopic (exact) mass is 390 g/mol. The van der Waals surface area contributed by atoms with Crippen LogP contribution in [0.1, 0.15) is 13.8 Å². The molecule has 2 N–H and O–H groups in total. The fourth-order valence-electron chi connectivity index (χ4n) is 5.26. The Hall–Kier alpha value is -3.04. The molecular formula is C18H18N2O8. The molecule has 2 heterocycles. The standard InChI is InChI=1S/C18H18N2O8/c1-5(17(25)26)19-13(21)9-7-3-4-8(10(9)14(19)22)12-11(7)15(23)20(16(12)24)6(2)18(27)28/h3-12H,1-2H3,(H,25,26)(H,27,28)/t5-,6-,7?,8?,9?,10?,11?,12?/m0/s1. The van der Waals surface area contributed by atoms with Gasteiger partial charge in [-0.15, -0.1) is 0 Å². The lowest BCUT2D eigenvalue weighted by Crippen LogP contribution is -2.50. The highest BCUT2D eigenvalue weighted by molar-refractivity contribution is 6.12. The summed E-state index contributed by atoms with van der Waals surface area (Å²) in [6.45, 7) is 2.47. The second-order valence-corrected chi connectivity index (χ2v) is 7.76. The number of hydrogen-bond acceptors (Lipinski definition) is 6. The number of nitrogens with zero attached hydrogens (tertiary/aromatic N) is 2. The summed E-state index contributed by atoms with van der Waals surface area (Å²) in [6, 6.07) is -2.69. The van der Waals surface area contributed by atoms with Gasteiger partial charge in [0.1, 0.15) is 12.1 Å². The van der Waals surface area contributed by atoms with Crippen molar-refractivity contribution in [2.75, 3.05) is 0 Å². The Balaban J connectivity index is 1.75. The van der Waals surface area contributed by atoms with Crippen LogP contribution in [-0.4, -0.2) is 67.7 Å². The van der Waals surface area contributed by atoms with Crippen molar-refractivity contribution in [3.05, 3.63) is 12.2 Å². The molecule has 1 saturated carbocycles. The van der Waals surface area contributed by atoms with E-state index in [-0.39, 0.29) is 0 Å². The van der Waals surface area contributed by atoms with Crippen molar-refractivity contribution < 1.29 is 39.0 Å².